The highest BCUT2D eigenvalue weighted by atomic mass is 19.4. The maximum Gasteiger partial charge on any atom is 0.418 e. The number of carbonyl (C=O) groups is 2. The van der Waals surface area contributed by atoms with Crippen molar-refractivity contribution >= 4 is 17.5 Å². The number of nitrogens with one attached hydrogen (secondary N) is 1. The van der Waals surface area contributed by atoms with Gasteiger partial charge in [-0.2, -0.15) is 13.2 Å². The molecule has 0 radical (unpaired) electrons. The second-order valence-corrected chi connectivity index (χ2v) is 7.80. The third-order valence-corrected chi connectivity index (χ3v) is 5.53. The van der Waals surface area contributed by atoms with Crippen molar-refractivity contribution in [2.45, 2.75) is 6.18 Å². The van der Waals surface area contributed by atoms with Gasteiger partial charge in [0.1, 0.15) is 0 Å². The number of nitrogens with zero attached hydrogens (tertiary/aromatic N) is 3. The molecule has 2 amide bonds. The summed E-state index contributed by atoms with van der Waals surface area (Å²) in [7, 11) is 0. The van der Waals surface area contributed by atoms with Crippen LogP contribution in [0.25, 0.3) is 5.69 Å². The van der Waals surface area contributed by atoms with Gasteiger partial charge >= 0.3 is 6.18 Å². The Morgan fingerprint density at radius 3 is 2.27 bits per heavy atom. The van der Waals surface area contributed by atoms with Crippen LogP contribution in [0.4, 0.5) is 18.9 Å². The summed E-state index contributed by atoms with van der Waals surface area (Å²) >= 11 is 0. The van der Waals surface area contributed by atoms with Crippen molar-refractivity contribution in [3.05, 3.63) is 84.2 Å². The highest BCUT2D eigenvalue weighted by Gasteiger charge is 2.33. The molecule has 1 fully saturated rings. The predicted octanol–water partition coefficient (Wildman–Crippen LogP) is 3.89. The number of benzene rings is 2. The topological polar surface area (TPSA) is 57.6 Å². The molecule has 172 valence electrons. The molecule has 4 rings (SSSR count). The fraction of sp³-hybridized carbons (Fsp3) is 0.250. The molecule has 33 heavy (non-hydrogen) atoms. The number of hydrogen-bond donors (Lipinski definition) is 1. The molecular weight excluding hydrogens is 433 g/mol. The van der Waals surface area contributed by atoms with Crippen molar-refractivity contribution in [3.8, 4) is 5.69 Å². The van der Waals surface area contributed by atoms with Gasteiger partial charge in [0.05, 0.1) is 17.8 Å². The molecule has 1 aliphatic rings. The molecule has 3 aromatic rings. The van der Waals surface area contributed by atoms with Gasteiger partial charge in [-0.3, -0.25) is 14.5 Å². The number of alkyl halides is 3. The van der Waals surface area contributed by atoms with Crippen molar-refractivity contribution in [3.63, 3.8) is 0 Å². The fourth-order valence-corrected chi connectivity index (χ4v) is 3.83. The monoisotopic (exact) mass is 456 g/mol. The van der Waals surface area contributed by atoms with Crippen molar-refractivity contribution in [2.75, 3.05) is 38.0 Å². The first kappa shape index (κ1) is 22.6. The van der Waals surface area contributed by atoms with E-state index in [1.165, 1.54) is 18.2 Å². The van der Waals surface area contributed by atoms with E-state index >= 15 is 0 Å². The number of carbonyl (C=O) groups excluding carboxylic acids is 2. The number of anilines is 1. The third-order valence-electron chi connectivity index (χ3n) is 5.53. The van der Waals surface area contributed by atoms with Crippen LogP contribution in [-0.2, 0) is 11.0 Å². The molecule has 1 aliphatic heterocycles. The van der Waals surface area contributed by atoms with E-state index in [0.29, 0.717) is 31.7 Å². The Kier molecular flexibility index (Phi) is 6.50. The number of aromatic nitrogens is 1. The van der Waals surface area contributed by atoms with E-state index in [0.717, 1.165) is 11.8 Å². The number of piperazine rings is 1. The molecule has 1 N–H and O–H groups in total. The Bertz CT molecular complexity index is 1120. The number of hydrogen-bond acceptors (Lipinski definition) is 3. The third kappa shape index (κ3) is 5.43. The van der Waals surface area contributed by atoms with Gasteiger partial charge in [0.15, 0.2) is 0 Å². The standard InChI is InChI=1S/C24H23F3N4O2/c25-24(26,27)20-8-1-2-9-21(20)28-22(32)17-29-12-14-31(15-13-29)23(33)18-6-5-7-19(16-18)30-10-3-4-11-30/h1-11,16H,12-15,17H2,(H,28,32). The minimum absolute atomic E-state index is 0.0443. The lowest BCUT2D eigenvalue weighted by Crippen LogP contribution is -2.50. The van der Waals surface area contributed by atoms with Crippen LogP contribution in [0, 0.1) is 0 Å². The highest BCUT2D eigenvalue weighted by Crippen LogP contribution is 2.34. The summed E-state index contributed by atoms with van der Waals surface area (Å²) in [5.74, 6) is -0.613. The summed E-state index contributed by atoms with van der Waals surface area (Å²) in [6, 6.07) is 16.1. The van der Waals surface area contributed by atoms with Gasteiger partial charge < -0.3 is 14.8 Å². The quantitative estimate of drug-likeness (QED) is 0.634. The van der Waals surface area contributed by atoms with Crippen LogP contribution in [0.5, 0.6) is 0 Å². The van der Waals surface area contributed by atoms with E-state index < -0.39 is 17.6 Å². The SMILES string of the molecule is O=C(CN1CCN(C(=O)c2cccc(-n3cccc3)c2)CC1)Nc1ccccc1C(F)(F)F. The molecule has 0 bridgehead atoms. The first-order valence-electron chi connectivity index (χ1n) is 10.5. The summed E-state index contributed by atoms with van der Waals surface area (Å²) in [6.45, 7) is 1.73. The second kappa shape index (κ2) is 9.50. The zero-order valence-electron chi connectivity index (χ0n) is 17.8. The van der Waals surface area contributed by atoms with Crippen LogP contribution in [0.2, 0.25) is 0 Å². The van der Waals surface area contributed by atoms with Crippen molar-refractivity contribution < 1.29 is 22.8 Å². The van der Waals surface area contributed by atoms with E-state index in [1.807, 2.05) is 52.2 Å². The molecule has 0 spiro atoms. The van der Waals surface area contributed by atoms with Crippen LogP contribution in [0.3, 0.4) is 0 Å². The van der Waals surface area contributed by atoms with Gasteiger partial charge in [-0.1, -0.05) is 18.2 Å². The Morgan fingerprint density at radius 1 is 0.879 bits per heavy atom. The maximum absolute atomic E-state index is 13.1. The molecule has 0 atom stereocenters. The van der Waals surface area contributed by atoms with E-state index in [-0.39, 0.29) is 18.1 Å². The van der Waals surface area contributed by atoms with Gasteiger partial charge in [-0.15, -0.1) is 0 Å². The fourth-order valence-electron chi connectivity index (χ4n) is 3.83. The molecule has 0 aliphatic carbocycles. The van der Waals surface area contributed by atoms with Gasteiger partial charge in [0.2, 0.25) is 5.91 Å². The first-order valence-corrected chi connectivity index (χ1v) is 10.5. The maximum atomic E-state index is 13.1. The average molecular weight is 456 g/mol. The normalized spacial score (nSPS) is 14.8. The van der Waals surface area contributed by atoms with Gasteiger partial charge in [-0.05, 0) is 42.5 Å². The Labute approximate surface area is 189 Å². The molecule has 1 aromatic heterocycles. The number of halogens is 3. The Hall–Kier alpha value is -3.59. The number of amides is 2. The zero-order valence-corrected chi connectivity index (χ0v) is 17.8. The summed E-state index contributed by atoms with van der Waals surface area (Å²) in [5, 5.41) is 2.36. The second-order valence-electron chi connectivity index (χ2n) is 7.80. The predicted molar refractivity (Wildman–Crippen MR) is 118 cm³/mol. The molecule has 2 heterocycles. The molecule has 2 aromatic carbocycles. The van der Waals surface area contributed by atoms with E-state index in [9.17, 15) is 22.8 Å². The van der Waals surface area contributed by atoms with Crippen LogP contribution < -0.4 is 5.32 Å². The molecule has 1 saturated heterocycles. The average Bonchev–Trinajstić information content (AvgIpc) is 3.34. The van der Waals surface area contributed by atoms with E-state index in [4.69, 9.17) is 0 Å². The molecular formula is C24H23F3N4O2. The summed E-state index contributed by atoms with van der Waals surface area (Å²) < 4.78 is 41.3. The highest BCUT2D eigenvalue weighted by molar-refractivity contribution is 5.95. The van der Waals surface area contributed by atoms with Crippen LogP contribution in [-0.4, -0.2) is 58.9 Å². The largest absolute Gasteiger partial charge is 0.418 e. The van der Waals surface area contributed by atoms with Gasteiger partial charge in [0, 0.05) is 49.8 Å². The number of rotatable bonds is 5. The molecule has 0 saturated carbocycles. The zero-order chi connectivity index (χ0) is 23.4. The Morgan fingerprint density at radius 2 is 1.58 bits per heavy atom. The lowest BCUT2D eigenvalue weighted by molar-refractivity contribution is -0.137. The van der Waals surface area contributed by atoms with Crippen LogP contribution >= 0.6 is 0 Å². The molecule has 9 heteroatoms. The summed E-state index contributed by atoms with van der Waals surface area (Å²) in [5.41, 5.74) is 0.332. The van der Waals surface area contributed by atoms with Gasteiger partial charge in [-0.25, -0.2) is 0 Å². The van der Waals surface area contributed by atoms with E-state index in [1.54, 1.807) is 11.0 Å². The van der Waals surface area contributed by atoms with Crippen LogP contribution in [0.15, 0.2) is 73.1 Å². The number of para-hydroxylation sites is 1. The minimum atomic E-state index is -4.55. The minimum Gasteiger partial charge on any atom is -0.336 e. The molecule has 6 nitrogen and oxygen atoms in total. The van der Waals surface area contributed by atoms with Gasteiger partial charge in [0.25, 0.3) is 5.91 Å². The Balaban J connectivity index is 1.32. The molecule has 0 unspecified atom stereocenters. The first-order chi connectivity index (χ1) is 15.8. The van der Waals surface area contributed by atoms with Crippen molar-refractivity contribution in [1.82, 2.24) is 14.4 Å². The van der Waals surface area contributed by atoms with Crippen molar-refractivity contribution in [1.29, 1.82) is 0 Å². The smallest absolute Gasteiger partial charge is 0.336 e. The summed E-state index contributed by atoms with van der Waals surface area (Å²) in [4.78, 5) is 28.8. The van der Waals surface area contributed by atoms with E-state index in [2.05, 4.69) is 5.32 Å². The van der Waals surface area contributed by atoms with Crippen LogP contribution in [0.1, 0.15) is 15.9 Å². The van der Waals surface area contributed by atoms with Crippen molar-refractivity contribution in [2.24, 2.45) is 0 Å². The summed E-state index contributed by atoms with van der Waals surface area (Å²) in [6.07, 6.45) is -0.741. The lowest BCUT2D eigenvalue weighted by Gasteiger charge is -2.34. The lowest BCUT2D eigenvalue weighted by atomic mass is 10.1.